The third-order valence-electron chi connectivity index (χ3n) is 6.56. The van der Waals surface area contributed by atoms with E-state index in [1.165, 1.54) is 0 Å². The summed E-state index contributed by atoms with van der Waals surface area (Å²) in [5.74, 6) is 0.343. The van der Waals surface area contributed by atoms with Gasteiger partial charge in [0.2, 0.25) is 0 Å². The Morgan fingerprint density at radius 3 is 2.61 bits per heavy atom. The predicted molar refractivity (Wildman–Crippen MR) is 128 cm³/mol. The van der Waals surface area contributed by atoms with Crippen molar-refractivity contribution in [2.75, 3.05) is 18.0 Å². The summed E-state index contributed by atoms with van der Waals surface area (Å²) in [4.78, 5) is 38.1. The Morgan fingerprint density at radius 2 is 1.85 bits per heavy atom. The zero-order valence-electron chi connectivity index (χ0n) is 18.9. The first kappa shape index (κ1) is 21.6. The van der Waals surface area contributed by atoms with Crippen LogP contribution in [0.25, 0.3) is 0 Å². The average molecular weight is 461 g/mol. The Bertz CT molecular complexity index is 1270. The number of halogens is 1. The predicted octanol–water partition coefficient (Wildman–Crippen LogP) is 4.65. The van der Waals surface area contributed by atoms with Crippen molar-refractivity contribution in [1.29, 1.82) is 0 Å². The normalized spacial score (nSPS) is 17.2. The third-order valence-corrected chi connectivity index (χ3v) is 6.80. The van der Waals surface area contributed by atoms with E-state index in [9.17, 15) is 9.59 Å². The first-order valence-electron chi connectivity index (χ1n) is 11.0. The van der Waals surface area contributed by atoms with Crippen molar-refractivity contribution in [2.45, 2.75) is 32.7 Å². The minimum absolute atomic E-state index is 0.0233. The summed E-state index contributed by atoms with van der Waals surface area (Å²) in [5, 5.41) is 0.619. The number of carbonyl (C=O) groups excluding carboxylic acids is 2. The number of hydrogen-bond acceptors (Lipinski definition) is 4. The molecule has 0 radical (unpaired) electrons. The van der Waals surface area contributed by atoms with Crippen molar-refractivity contribution in [3.05, 3.63) is 88.0 Å². The molecule has 2 aliphatic rings. The molecule has 0 aliphatic carbocycles. The molecular weight excluding hydrogens is 436 g/mol. The Kier molecular flexibility index (Phi) is 5.20. The van der Waals surface area contributed by atoms with Crippen LogP contribution in [0.15, 0.2) is 55.1 Å². The molecule has 0 unspecified atom stereocenters. The number of rotatable bonds is 4. The molecule has 0 N–H and O–H groups in total. The number of benzene rings is 1. The molecule has 4 heterocycles. The van der Waals surface area contributed by atoms with Gasteiger partial charge in [-0.25, -0.2) is 0 Å². The van der Waals surface area contributed by atoms with Gasteiger partial charge in [0, 0.05) is 42.3 Å². The minimum Gasteiger partial charge on any atom is -0.338 e. The molecule has 2 aromatic heterocycles. The Balaban J connectivity index is 1.29. The second-order valence-electron chi connectivity index (χ2n) is 9.47. The van der Waals surface area contributed by atoms with Gasteiger partial charge in [0.05, 0.1) is 23.0 Å². The van der Waals surface area contributed by atoms with Crippen LogP contribution < -0.4 is 4.90 Å². The fourth-order valence-corrected chi connectivity index (χ4v) is 5.08. The lowest BCUT2D eigenvalue weighted by Crippen LogP contribution is -2.50. The van der Waals surface area contributed by atoms with E-state index in [0.717, 1.165) is 28.8 Å². The molecule has 7 heteroatoms. The van der Waals surface area contributed by atoms with E-state index in [2.05, 4.69) is 9.97 Å². The second kappa shape index (κ2) is 7.96. The lowest BCUT2D eigenvalue weighted by atomic mass is 9.91. The van der Waals surface area contributed by atoms with Crippen LogP contribution in [0.3, 0.4) is 0 Å². The monoisotopic (exact) mass is 460 g/mol. The van der Waals surface area contributed by atoms with Crippen LogP contribution in [-0.2, 0) is 12.0 Å². The zero-order chi connectivity index (χ0) is 23.3. The van der Waals surface area contributed by atoms with Crippen molar-refractivity contribution in [2.24, 2.45) is 5.92 Å². The largest absolute Gasteiger partial charge is 0.338 e. The van der Waals surface area contributed by atoms with Gasteiger partial charge in [-0.05, 0) is 80.1 Å². The number of fused-ring (bicyclic) bond motifs is 1. The Morgan fingerprint density at radius 1 is 1.09 bits per heavy atom. The average Bonchev–Trinajstić information content (AvgIpc) is 2.95. The van der Waals surface area contributed by atoms with Crippen LogP contribution >= 0.6 is 11.6 Å². The van der Waals surface area contributed by atoms with Crippen LogP contribution in [0.1, 0.15) is 51.3 Å². The molecule has 2 amide bonds. The van der Waals surface area contributed by atoms with Gasteiger partial charge < -0.3 is 4.90 Å². The van der Waals surface area contributed by atoms with Crippen LogP contribution in [0, 0.1) is 12.8 Å². The van der Waals surface area contributed by atoms with E-state index in [-0.39, 0.29) is 11.8 Å². The molecule has 1 aromatic carbocycles. The summed E-state index contributed by atoms with van der Waals surface area (Å²) in [7, 11) is 0. The van der Waals surface area contributed by atoms with E-state index in [1.54, 1.807) is 35.6 Å². The number of aryl methyl sites for hydroxylation is 1. The van der Waals surface area contributed by atoms with Crippen molar-refractivity contribution >= 4 is 29.1 Å². The van der Waals surface area contributed by atoms with Gasteiger partial charge in [0.25, 0.3) is 11.8 Å². The number of anilines is 1. The lowest BCUT2D eigenvalue weighted by molar-refractivity contribution is 0.0500. The van der Waals surface area contributed by atoms with Crippen LogP contribution in [-0.4, -0.2) is 39.8 Å². The SMILES string of the molecule is Cc1cncc(C(=O)N2CC(Cc3cncc(N4C(=O)c5ccc(Cl)cc5C4(C)C)c3)C2)c1. The summed E-state index contributed by atoms with van der Waals surface area (Å²) in [6, 6.07) is 9.33. The quantitative estimate of drug-likeness (QED) is 0.568. The highest BCUT2D eigenvalue weighted by atomic mass is 35.5. The molecule has 0 bridgehead atoms. The fraction of sp³-hybridized carbons (Fsp3) is 0.308. The van der Waals surface area contributed by atoms with Crippen molar-refractivity contribution in [3.8, 4) is 0 Å². The van der Waals surface area contributed by atoms with Gasteiger partial charge in [0.15, 0.2) is 0 Å². The highest BCUT2D eigenvalue weighted by Gasteiger charge is 2.44. The van der Waals surface area contributed by atoms with Crippen LogP contribution in [0.2, 0.25) is 5.02 Å². The third kappa shape index (κ3) is 3.78. The first-order valence-corrected chi connectivity index (χ1v) is 11.4. The maximum Gasteiger partial charge on any atom is 0.259 e. The fourth-order valence-electron chi connectivity index (χ4n) is 4.90. The smallest absolute Gasteiger partial charge is 0.259 e. The number of likely N-dealkylation sites (tertiary alicyclic amines) is 1. The molecule has 33 heavy (non-hydrogen) atoms. The van der Waals surface area contributed by atoms with Gasteiger partial charge in [-0.1, -0.05) is 11.6 Å². The van der Waals surface area contributed by atoms with Gasteiger partial charge in [-0.15, -0.1) is 0 Å². The summed E-state index contributed by atoms with van der Waals surface area (Å²) < 4.78 is 0. The van der Waals surface area contributed by atoms with Crippen LogP contribution in [0.4, 0.5) is 5.69 Å². The number of pyridine rings is 2. The van der Waals surface area contributed by atoms with E-state index in [0.29, 0.717) is 35.2 Å². The van der Waals surface area contributed by atoms with E-state index in [4.69, 9.17) is 11.6 Å². The number of aromatic nitrogens is 2. The molecule has 168 valence electrons. The van der Waals surface area contributed by atoms with Gasteiger partial charge in [-0.3, -0.25) is 24.5 Å². The molecule has 0 spiro atoms. The van der Waals surface area contributed by atoms with Gasteiger partial charge in [-0.2, -0.15) is 0 Å². The lowest BCUT2D eigenvalue weighted by Gasteiger charge is -2.39. The number of hydrogen-bond donors (Lipinski definition) is 0. The highest BCUT2D eigenvalue weighted by Crippen LogP contribution is 2.42. The second-order valence-corrected chi connectivity index (χ2v) is 9.91. The summed E-state index contributed by atoms with van der Waals surface area (Å²) in [6.45, 7) is 7.39. The molecule has 0 atom stereocenters. The standard InChI is InChI=1S/C26H25ClN4O2/c1-16-6-19(12-28-10-16)24(32)30-14-18(15-30)7-17-8-21(13-29-11-17)31-25(33)22-5-4-20(27)9-23(22)26(31,2)3/h4-6,8-13,18H,7,14-15H2,1-3H3. The van der Waals surface area contributed by atoms with Crippen molar-refractivity contribution in [3.63, 3.8) is 0 Å². The summed E-state index contributed by atoms with van der Waals surface area (Å²) >= 11 is 6.20. The minimum atomic E-state index is -0.529. The summed E-state index contributed by atoms with van der Waals surface area (Å²) in [6.07, 6.45) is 7.75. The first-order chi connectivity index (χ1) is 15.7. The van der Waals surface area contributed by atoms with Crippen molar-refractivity contribution in [1.82, 2.24) is 14.9 Å². The van der Waals surface area contributed by atoms with E-state index >= 15 is 0 Å². The topological polar surface area (TPSA) is 66.4 Å². The Labute approximate surface area is 198 Å². The Hall–Kier alpha value is -3.25. The molecule has 1 fully saturated rings. The maximum absolute atomic E-state index is 13.2. The molecule has 6 nitrogen and oxygen atoms in total. The highest BCUT2D eigenvalue weighted by molar-refractivity contribution is 6.31. The van der Waals surface area contributed by atoms with Gasteiger partial charge >= 0.3 is 0 Å². The van der Waals surface area contributed by atoms with Gasteiger partial charge in [0.1, 0.15) is 0 Å². The van der Waals surface area contributed by atoms with E-state index < -0.39 is 5.54 Å². The number of amides is 2. The molecule has 1 saturated heterocycles. The summed E-state index contributed by atoms with van der Waals surface area (Å²) in [5.41, 5.74) is 4.50. The van der Waals surface area contributed by atoms with E-state index in [1.807, 2.05) is 50.1 Å². The molecule has 5 rings (SSSR count). The van der Waals surface area contributed by atoms with Crippen molar-refractivity contribution < 1.29 is 9.59 Å². The number of nitrogens with zero attached hydrogens (tertiary/aromatic N) is 4. The number of carbonyl (C=O) groups is 2. The zero-order valence-corrected chi connectivity index (χ0v) is 19.6. The molecule has 3 aromatic rings. The molecular formula is C26H25ClN4O2. The molecule has 2 aliphatic heterocycles. The maximum atomic E-state index is 13.2. The van der Waals surface area contributed by atoms with Crippen LogP contribution in [0.5, 0.6) is 0 Å². The molecule has 0 saturated carbocycles.